The number of allylic oxidation sites excluding steroid dienone is 2. The highest BCUT2D eigenvalue weighted by Crippen LogP contribution is 2.20. The predicted octanol–water partition coefficient (Wildman–Crippen LogP) is 4.47. The van der Waals surface area contributed by atoms with E-state index in [1.807, 2.05) is 24.3 Å². The quantitative estimate of drug-likeness (QED) is 0.658. The second-order valence-corrected chi connectivity index (χ2v) is 4.19. The van der Waals surface area contributed by atoms with E-state index in [2.05, 4.69) is 42.3 Å². The van der Waals surface area contributed by atoms with Crippen LogP contribution in [-0.2, 0) is 0 Å². The van der Waals surface area contributed by atoms with Gasteiger partial charge < -0.3 is 0 Å². The molecule has 0 aliphatic heterocycles. The molecule has 0 unspecified atom stereocenters. The lowest BCUT2D eigenvalue weighted by atomic mass is 10.1. The number of hydrogen-bond acceptors (Lipinski definition) is 1. The Bertz CT molecular complexity index is 449. The SMILES string of the molecule is C=C(C=Cc1ccccc1)c1cccs1. The molecule has 0 spiro atoms. The molecule has 0 nitrogen and oxygen atoms in total. The van der Waals surface area contributed by atoms with E-state index in [4.69, 9.17) is 0 Å². The smallest absolute Gasteiger partial charge is 0.0336 e. The van der Waals surface area contributed by atoms with Crippen molar-refractivity contribution in [3.05, 3.63) is 70.9 Å². The molecular formula is C14H12S. The third-order valence-corrected chi connectivity index (χ3v) is 3.06. The van der Waals surface area contributed by atoms with Crippen LogP contribution in [0.25, 0.3) is 11.6 Å². The van der Waals surface area contributed by atoms with Gasteiger partial charge in [-0.2, -0.15) is 0 Å². The van der Waals surface area contributed by atoms with Gasteiger partial charge in [0, 0.05) is 4.88 Å². The lowest BCUT2D eigenvalue weighted by Gasteiger charge is -1.94. The van der Waals surface area contributed by atoms with Crippen LogP contribution in [-0.4, -0.2) is 0 Å². The summed E-state index contributed by atoms with van der Waals surface area (Å²) in [6, 6.07) is 14.4. The fourth-order valence-electron chi connectivity index (χ4n) is 1.30. The van der Waals surface area contributed by atoms with Gasteiger partial charge in [-0.3, -0.25) is 0 Å². The molecule has 0 N–H and O–H groups in total. The summed E-state index contributed by atoms with van der Waals surface area (Å²) in [7, 11) is 0. The first-order valence-corrected chi connectivity index (χ1v) is 5.70. The van der Waals surface area contributed by atoms with Crippen LogP contribution in [0, 0.1) is 0 Å². The van der Waals surface area contributed by atoms with Crippen molar-refractivity contribution in [3.8, 4) is 0 Å². The minimum absolute atomic E-state index is 1.06. The van der Waals surface area contributed by atoms with E-state index >= 15 is 0 Å². The Kier molecular flexibility index (Phi) is 3.15. The summed E-state index contributed by atoms with van der Waals surface area (Å²) in [4.78, 5) is 1.22. The average Bonchev–Trinajstić information content (AvgIpc) is 2.81. The van der Waals surface area contributed by atoms with Crippen LogP contribution in [0.2, 0.25) is 0 Å². The molecule has 1 aromatic carbocycles. The number of hydrogen-bond donors (Lipinski definition) is 0. The highest BCUT2D eigenvalue weighted by Gasteiger charge is 1.94. The van der Waals surface area contributed by atoms with E-state index in [9.17, 15) is 0 Å². The third-order valence-electron chi connectivity index (χ3n) is 2.11. The first-order chi connectivity index (χ1) is 7.36. The Balaban J connectivity index is 2.10. The largest absolute Gasteiger partial charge is 0.144 e. The van der Waals surface area contributed by atoms with E-state index < -0.39 is 0 Å². The average molecular weight is 212 g/mol. The molecule has 0 saturated heterocycles. The van der Waals surface area contributed by atoms with Gasteiger partial charge in [0.1, 0.15) is 0 Å². The van der Waals surface area contributed by atoms with Crippen molar-refractivity contribution in [2.75, 3.05) is 0 Å². The van der Waals surface area contributed by atoms with Gasteiger partial charge in [0.25, 0.3) is 0 Å². The zero-order valence-corrected chi connectivity index (χ0v) is 9.21. The van der Waals surface area contributed by atoms with Crippen molar-refractivity contribution in [1.29, 1.82) is 0 Å². The van der Waals surface area contributed by atoms with Gasteiger partial charge in [-0.15, -0.1) is 11.3 Å². The predicted molar refractivity (Wildman–Crippen MR) is 68.8 cm³/mol. The summed E-state index contributed by atoms with van der Waals surface area (Å²) in [6.07, 6.45) is 4.14. The third kappa shape index (κ3) is 2.67. The minimum atomic E-state index is 1.06. The van der Waals surface area contributed by atoms with Crippen molar-refractivity contribution in [1.82, 2.24) is 0 Å². The van der Waals surface area contributed by atoms with Crippen LogP contribution >= 0.6 is 11.3 Å². The molecule has 0 radical (unpaired) electrons. The zero-order chi connectivity index (χ0) is 10.5. The van der Waals surface area contributed by atoms with Gasteiger partial charge in [0.2, 0.25) is 0 Å². The monoisotopic (exact) mass is 212 g/mol. The molecule has 15 heavy (non-hydrogen) atoms. The molecular weight excluding hydrogens is 200 g/mol. The second kappa shape index (κ2) is 4.76. The zero-order valence-electron chi connectivity index (χ0n) is 8.39. The normalized spacial score (nSPS) is 10.7. The van der Waals surface area contributed by atoms with Crippen LogP contribution in [0.3, 0.4) is 0 Å². The Morgan fingerprint density at radius 3 is 2.53 bits per heavy atom. The van der Waals surface area contributed by atoms with E-state index in [0.29, 0.717) is 0 Å². The summed E-state index contributed by atoms with van der Waals surface area (Å²) in [6.45, 7) is 4.04. The van der Waals surface area contributed by atoms with E-state index in [1.165, 1.54) is 10.4 Å². The van der Waals surface area contributed by atoms with Gasteiger partial charge in [-0.25, -0.2) is 0 Å². The molecule has 0 aliphatic rings. The number of rotatable bonds is 3. The molecule has 0 aliphatic carbocycles. The van der Waals surface area contributed by atoms with Gasteiger partial charge in [-0.1, -0.05) is 55.1 Å². The molecule has 0 amide bonds. The number of thiophene rings is 1. The van der Waals surface area contributed by atoms with Crippen molar-refractivity contribution < 1.29 is 0 Å². The van der Waals surface area contributed by atoms with Gasteiger partial charge >= 0.3 is 0 Å². The molecule has 0 fully saturated rings. The first kappa shape index (κ1) is 9.94. The lowest BCUT2D eigenvalue weighted by Crippen LogP contribution is -1.71. The van der Waals surface area contributed by atoms with Crippen molar-refractivity contribution in [2.24, 2.45) is 0 Å². The van der Waals surface area contributed by atoms with Crippen LogP contribution in [0.15, 0.2) is 60.5 Å². The summed E-state index contributed by atoms with van der Waals surface area (Å²) >= 11 is 1.72. The van der Waals surface area contributed by atoms with Crippen LogP contribution < -0.4 is 0 Å². The summed E-state index contributed by atoms with van der Waals surface area (Å²) in [5.41, 5.74) is 2.27. The molecule has 2 aromatic rings. The summed E-state index contributed by atoms with van der Waals surface area (Å²) in [5, 5.41) is 2.07. The molecule has 0 bridgehead atoms. The van der Waals surface area contributed by atoms with Crippen molar-refractivity contribution >= 4 is 23.0 Å². The fraction of sp³-hybridized carbons (Fsp3) is 0. The van der Waals surface area contributed by atoms with E-state index in [1.54, 1.807) is 11.3 Å². The fourth-order valence-corrected chi connectivity index (χ4v) is 1.98. The Morgan fingerprint density at radius 1 is 1.07 bits per heavy atom. The Labute approximate surface area is 94.2 Å². The first-order valence-electron chi connectivity index (χ1n) is 4.82. The summed E-state index contributed by atoms with van der Waals surface area (Å²) < 4.78 is 0. The maximum Gasteiger partial charge on any atom is 0.0336 e. The van der Waals surface area contributed by atoms with Gasteiger partial charge in [-0.05, 0) is 22.6 Å². The lowest BCUT2D eigenvalue weighted by molar-refractivity contribution is 1.66. The molecule has 1 heterocycles. The van der Waals surface area contributed by atoms with Gasteiger partial charge in [0.05, 0.1) is 0 Å². The standard InChI is InChI=1S/C14H12S/c1-12(14-8-5-11-15-14)9-10-13-6-3-2-4-7-13/h2-11H,1H2. The maximum absolute atomic E-state index is 4.04. The molecule has 1 heteroatoms. The Hall–Kier alpha value is -1.60. The highest BCUT2D eigenvalue weighted by atomic mass is 32.1. The Morgan fingerprint density at radius 2 is 1.87 bits per heavy atom. The van der Waals surface area contributed by atoms with Crippen LogP contribution in [0.5, 0.6) is 0 Å². The van der Waals surface area contributed by atoms with E-state index in [0.717, 1.165) is 5.57 Å². The van der Waals surface area contributed by atoms with E-state index in [-0.39, 0.29) is 0 Å². The molecule has 2 rings (SSSR count). The second-order valence-electron chi connectivity index (χ2n) is 3.25. The molecule has 0 saturated carbocycles. The topological polar surface area (TPSA) is 0 Å². The maximum atomic E-state index is 4.04. The molecule has 0 atom stereocenters. The molecule has 1 aromatic heterocycles. The molecule has 74 valence electrons. The van der Waals surface area contributed by atoms with Crippen LogP contribution in [0.4, 0.5) is 0 Å². The minimum Gasteiger partial charge on any atom is -0.144 e. The van der Waals surface area contributed by atoms with Gasteiger partial charge in [0.15, 0.2) is 0 Å². The highest BCUT2D eigenvalue weighted by molar-refractivity contribution is 7.11. The summed E-state index contributed by atoms with van der Waals surface area (Å²) in [5.74, 6) is 0. The van der Waals surface area contributed by atoms with Crippen LogP contribution in [0.1, 0.15) is 10.4 Å². The van der Waals surface area contributed by atoms with Crippen molar-refractivity contribution in [2.45, 2.75) is 0 Å². The van der Waals surface area contributed by atoms with Crippen molar-refractivity contribution in [3.63, 3.8) is 0 Å². The number of benzene rings is 1.